The molecule has 0 spiro atoms. The fraction of sp³-hybridized carbons (Fsp3) is 0.300. The second-order valence-corrected chi connectivity index (χ2v) is 7.26. The van der Waals surface area contributed by atoms with Gasteiger partial charge in [0.05, 0.1) is 11.9 Å². The van der Waals surface area contributed by atoms with E-state index in [2.05, 4.69) is 10.2 Å². The Hall–Kier alpha value is -3.22. The maximum atomic E-state index is 13.0. The fourth-order valence-corrected chi connectivity index (χ4v) is 4.27. The van der Waals surface area contributed by atoms with Gasteiger partial charge in [0, 0.05) is 37.3 Å². The maximum absolute atomic E-state index is 13.0. The first-order valence-corrected chi connectivity index (χ1v) is 9.16. The molecule has 136 valence electrons. The van der Waals surface area contributed by atoms with Crippen molar-refractivity contribution in [1.82, 2.24) is 24.5 Å². The SMILES string of the molecule is O=C(c1cnn(-c2ccccc2)n1)N1CC2CC(C1)c1cccc(=O)n1C2. The number of pyridine rings is 1. The van der Waals surface area contributed by atoms with E-state index in [9.17, 15) is 9.59 Å². The monoisotopic (exact) mass is 361 g/mol. The lowest BCUT2D eigenvalue weighted by atomic mass is 9.83. The van der Waals surface area contributed by atoms with Crippen molar-refractivity contribution >= 4 is 5.91 Å². The van der Waals surface area contributed by atoms with Crippen molar-refractivity contribution in [1.29, 1.82) is 0 Å². The molecule has 0 radical (unpaired) electrons. The van der Waals surface area contributed by atoms with Gasteiger partial charge in [0.25, 0.3) is 11.5 Å². The van der Waals surface area contributed by atoms with Gasteiger partial charge in [0.2, 0.25) is 0 Å². The standard InChI is InChI=1S/C20H19N5O2/c26-19-8-4-7-18-15-9-14(12-24(18)19)11-23(13-15)20(27)17-10-21-25(22-17)16-5-2-1-3-6-16/h1-8,10,14-15H,9,11-13H2. The predicted octanol–water partition coefficient (Wildman–Crippen LogP) is 1.69. The molecular formula is C20H19N5O2. The van der Waals surface area contributed by atoms with Crippen LogP contribution in [0.2, 0.25) is 0 Å². The van der Waals surface area contributed by atoms with E-state index < -0.39 is 0 Å². The number of benzene rings is 1. The van der Waals surface area contributed by atoms with Crippen molar-refractivity contribution in [3.63, 3.8) is 0 Å². The van der Waals surface area contributed by atoms with E-state index in [1.807, 2.05) is 45.9 Å². The van der Waals surface area contributed by atoms with Crippen LogP contribution in [-0.2, 0) is 6.54 Å². The summed E-state index contributed by atoms with van der Waals surface area (Å²) in [5.41, 5.74) is 2.25. The normalized spacial score (nSPS) is 21.0. The molecule has 3 aromatic rings. The first-order chi connectivity index (χ1) is 13.2. The number of piperidine rings is 1. The minimum atomic E-state index is -0.0985. The van der Waals surface area contributed by atoms with E-state index in [1.54, 1.807) is 12.1 Å². The minimum absolute atomic E-state index is 0.0489. The van der Waals surface area contributed by atoms with E-state index in [1.165, 1.54) is 11.0 Å². The minimum Gasteiger partial charge on any atom is -0.336 e. The quantitative estimate of drug-likeness (QED) is 0.696. The molecule has 0 N–H and O–H groups in total. The molecule has 2 unspecified atom stereocenters. The third-order valence-corrected chi connectivity index (χ3v) is 5.47. The van der Waals surface area contributed by atoms with E-state index >= 15 is 0 Å². The molecule has 7 heteroatoms. The molecule has 7 nitrogen and oxygen atoms in total. The summed E-state index contributed by atoms with van der Waals surface area (Å²) in [6, 6.07) is 15.0. The van der Waals surface area contributed by atoms with Crippen LogP contribution in [0.25, 0.3) is 5.69 Å². The molecule has 2 bridgehead atoms. The molecule has 4 heterocycles. The number of hydrogen-bond donors (Lipinski definition) is 0. The molecule has 1 amide bonds. The van der Waals surface area contributed by atoms with Crippen LogP contribution < -0.4 is 5.56 Å². The Balaban J connectivity index is 1.40. The van der Waals surface area contributed by atoms with Gasteiger partial charge in [0.15, 0.2) is 5.69 Å². The number of carbonyl (C=O) groups excluding carboxylic acids is 1. The Labute approximate surface area is 155 Å². The molecule has 2 atom stereocenters. The van der Waals surface area contributed by atoms with Gasteiger partial charge in [-0.25, -0.2) is 0 Å². The third kappa shape index (κ3) is 2.75. The summed E-state index contributed by atoms with van der Waals surface area (Å²) in [4.78, 5) is 28.5. The van der Waals surface area contributed by atoms with Crippen molar-refractivity contribution in [2.75, 3.05) is 13.1 Å². The van der Waals surface area contributed by atoms with Crippen molar-refractivity contribution < 1.29 is 4.79 Å². The zero-order valence-corrected chi connectivity index (χ0v) is 14.7. The number of amides is 1. The third-order valence-electron chi connectivity index (χ3n) is 5.47. The molecule has 1 saturated heterocycles. The van der Waals surface area contributed by atoms with Crippen LogP contribution in [0, 0.1) is 5.92 Å². The average molecular weight is 361 g/mol. The van der Waals surface area contributed by atoms with Crippen LogP contribution in [0.1, 0.15) is 28.5 Å². The lowest BCUT2D eigenvalue weighted by molar-refractivity contribution is 0.0588. The average Bonchev–Trinajstić information content (AvgIpc) is 3.19. The number of fused-ring (bicyclic) bond motifs is 4. The van der Waals surface area contributed by atoms with E-state index in [0.717, 1.165) is 17.8 Å². The van der Waals surface area contributed by atoms with Gasteiger partial charge in [0.1, 0.15) is 0 Å². The molecule has 0 saturated carbocycles. The maximum Gasteiger partial charge on any atom is 0.276 e. The van der Waals surface area contributed by atoms with Crippen LogP contribution in [0.5, 0.6) is 0 Å². The summed E-state index contributed by atoms with van der Waals surface area (Å²) in [5, 5.41) is 8.60. The predicted molar refractivity (Wildman–Crippen MR) is 98.8 cm³/mol. The van der Waals surface area contributed by atoms with Crippen molar-refractivity contribution in [2.45, 2.75) is 18.9 Å². The van der Waals surface area contributed by atoms with Gasteiger partial charge in [-0.05, 0) is 30.5 Å². The molecule has 2 aliphatic heterocycles. The Morgan fingerprint density at radius 2 is 1.85 bits per heavy atom. The van der Waals surface area contributed by atoms with Crippen LogP contribution in [-0.4, -0.2) is 43.5 Å². The van der Waals surface area contributed by atoms with Gasteiger partial charge >= 0.3 is 0 Å². The number of rotatable bonds is 2. The van der Waals surface area contributed by atoms with Gasteiger partial charge in [-0.15, -0.1) is 5.10 Å². The van der Waals surface area contributed by atoms with Crippen LogP contribution >= 0.6 is 0 Å². The Morgan fingerprint density at radius 3 is 2.70 bits per heavy atom. The molecule has 1 aromatic carbocycles. The summed E-state index contributed by atoms with van der Waals surface area (Å²) in [5.74, 6) is 0.391. The summed E-state index contributed by atoms with van der Waals surface area (Å²) in [6.07, 6.45) is 2.54. The van der Waals surface area contributed by atoms with Crippen molar-refractivity contribution in [3.8, 4) is 5.69 Å². The van der Waals surface area contributed by atoms with Crippen molar-refractivity contribution in [2.24, 2.45) is 5.92 Å². The second kappa shape index (κ2) is 6.19. The summed E-state index contributed by atoms with van der Waals surface area (Å²) in [6.45, 7) is 1.93. The number of likely N-dealkylation sites (tertiary alicyclic amines) is 1. The topological polar surface area (TPSA) is 73.0 Å². The molecule has 5 rings (SSSR count). The number of para-hydroxylation sites is 1. The highest BCUT2D eigenvalue weighted by molar-refractivity contribution is 5.92. The number of carbonyl (C=O) groups is 1. The highest BCUT2D eigenvalue weighted by Gasteiger charge is 2.37. The number of aromatic nitrogens is 4. The van der Waals surface area contributed by atoms with Crippen molar-refractivity contribution in [3.05, 3.63) is 76.5 Å². The van der Waals surface area contributed by atoms with Gasteiger partial charge in [-0.3, -0.25) is 9.59 Å². The van der Waals surface area contributed by atoms with Crippen LogP contribution in [0.4, 0.5) is 0 Å². The van der Waals surface area contributed by atoms with Gasteiger partial charge in [-0.1, -0.05) is 24.3 Å². The largest absolute Gasteiger partial charge is 0.336 e. The highest BCUT2D eigenvalue weighted by atomic mass is 16.2. The number of hydrogen-bond acceptors (Lipinski definition) is 4. The second-order valence-electron chi connectivity index (χ2n) is 7.26. The number of nitrogens with zero attached hydrogens (tertiary/aromatic N) is 5. The van der Waals surface area contributed by atoms with E-state index in [-0.39, 0.29) is 17.4 Å². The lowest BCUT2D eigenvalue weighted by Crippen LogP contribution is -2.49. The molecular weight excluding hydrogens is 342 g/mol. The summed E-state index contributed by atoms with van der Waals surface area (Å²) in [7, 11) is 0. The highest BCUT2D eigenvalue weighted by Crippen LogP contribution is 2.35. The smallest absolute Gasteiger partial charge is 0.276 e. The zero-order valence-electron chi connectivity index (χ0n) is 14.7. The Morgan fingerprint density at radius 1 is 1.00 bits per heavy atom. The molecule has 27 heavy (non-hydrogen) atoms. The first-order valence-electron chi connectivity index (χ1n) is 9.16. The lowest BCUT2D eigenvalue weighted by Gasteiger charge is -2.42. The summed E-state index contributed by atoms with van der Waals surface area (Å²) >= 11 is 0. The molecule has 2 aliphatic rings. The van der Waals surface area contributed by atoms with E-state index in [4.69, 9.17) is 0 Å². The van der Waals surface area contributed by atoms with Gasteiger partial charge in [-0.2, -0.15) is 9.90 Å². The van der Waals surface area contributed by atoms with Crippen LogP contribution in [0.15, 0.2) is 59.5 Å². The summed E-state index contributed by atoms with van der Waals surface area (Å²) < 4.78 is 1.87. The first kappa shape index (κ1) is 16.0. The molecule has 2 aromatic heterocycles. The fourth-order valence-electron chi connectivity index (χ4n) is 4.27. The van der Waals surface area contributed by atoms with E-state index in [0.29, 0.717) is 31.2 Å². The molecule has 0 aliphatic carbocycles. The van der Waals surface area contributed by atoms with Gasteiger partial charge < -0.3 is 9.47 Å². The Kier molecular flexibility index (Phi) is 3.67. The molecule has 1 fully saturated rings. The van der Waals surface area contributed by atoms with Crippen LogP contribution in [0.3, 0.4) is 0 Å². The zero-order chi connectivity index (χ0) is 18.4. The Bertz CT molecular complexity index is 1060.